The van der Waals surface area contributed by atoms with Crippen molar-refractivity contribution >= 4 is 11.8 Å². The van der Waals surface area contributed by atoms with Crippen LogP contribution >= 0.6 is 0 Å². The quantitative estimate of drug-likeness (QED) is 0.378. The van der Waals surface area contributed by atoms with Crippen molar-refractivity contribution < 1.29 is 27.8 Å². The summed E-state index contributed by atoms with van der Waals surface area (Å²) in [6.07, 6.45) is 1.17. The molecule has 1 fully saturated rings. The maximum atomic E-state index is 14.2. The topological polar surface area (TPSA) is 89.9 Å². The first-order chi connectivity index (χ1) is 20.4. The molecule has 3 aliphatic rings. The zero-order chi connectivity index (χ0) is 29.0. The van der Waals surface area contributed by atoms with E-state index >= 15 is 0 Å². The molecule has 1 aliphatic carbocycles. The van der Waals surface area contributed by atoms with Gasteiger partial charge in [-0.3, -0.25) is 19.3 Å². The molecule has 2 aliphatic heterocycles. The van der Waals surface area contributed by atoms with Gasteiger partial charge in [0, 0.05) is 30.8 Å². The van der Waals surface area contributed by atoms with E-state index in [-0.39, 0.29) is 54.4 Å². The predicted octanol–water partition coefficient (Wildman–Crippen LogP) is 4.11. The van der Waals surface area contributed by atoms with Crippen molar-refractivity contribution in [2.45, 2.75) is 44.5 Å². The molecule has 3 heterocycles. The molecule has 4 aromatic rings. The Labute approximate surface area is 239 Å². The molecule has 8 nitrogen and oxygen atoms in total. The summed E-state index contributed by atoms with van der Waals surface area (Å²) in [5, 5.41) is 2.53. The number of rotatable bonds is 6. The molecule has 42 heavy (non-hydrogen) atoms. The van der Waals surface area contributed by atoms with E-state index in [1.54, 1.807) is 4.90 Å². The Hall–Kier alpha value is -4.83. The molecule has 3 aromatic carbocycles. The summed E-state index contributed by atoms with van der Waals surface area (Å²) < 4.78 is 41.3. The van der Waals surface area contributed by atoms with Crippen molar-refractivity contribution in [3.63, 3.8) is 0 Å². The molecular formula is C32H25F2N3O5. The molecule has 0 radical (unpaired) electrons. The lowest BCUT2D eigenvalue weighted by molar-refractivity contribution is -0.0150. The lowest BCUT2D eigenvalue weighted by atomic mass is 10.0. The summed E-state index contributed by atoms with van der Waals surface area (Å²) >= 11 is 0. The van der Waals surface area contributed by atoms with Crippen LogP contribution in [0.25, 0.3) is 0 Å². The molecule has 2 amide bonds. The van der Waals surface area contributed by atoms with Crippen molar-refractivity contribution in [2.24, 2.45) is 0 Å². The molecule has 212 valence electrons. The molecule has 0 saturated carbocycles. The van der Waals surface area contributed by atoms with Crippen LogP contribution in [-0.2, 0) is 30.9 Å². The number of carbonyl (C=O) groups excluding carboxylic acids is 2. The summed E-state index contributed by atoms with van der Waals surface area (Å²) in [6.45, 7) is -0.0876. The average molecular weight is 570 g/mol. The maximum Gasteiger partial charge on any atom is 0.277 e. The first-order valence-corrected chi connectivity index (χ1v) is 13.6. The van der Waals surface area contributed by atoms with E-state index in [1.807, 2.05) is 54.6 Å². The minimum atomic E-state index is -0.819. The van der Waals surface area contributed by atoms with Gasteiger partial charge in [-0.25, -0.2) is 8.78 Å². The van der Waals surface area contributed by atoms with Crippen LogP contribution in [0.15, 0.2) is 83.8 Å². The number of fused-ring (bicyclic) bond motifs is 6. The first kappa shape index (κ1) is 26.1. The van der Waals surface area contributed by atoms with Crippen LogP contribution < -0.4 is 15.5 Å². The van der Waals surface area contributed by atoms with E-state index in [0.29, 0.717) is 6.42 Å². The average Bonchev–Trinajstić information content (AvgIpc) is 3.52. The Morgan fingerprint density at radius 3 is 2.62 bits per heavy atom. The minimum Gasteiger partial charge on any atom is -0.483 e. The highest BCUT2D eigenvalue weighted by Crippen LogP contribution is 2.47. The largest absolute Gasteiger partial charge is 0.483 e. The highest BCUT2D eigenvalue weighted by Gasteiger charge is 2.53. The van der Waals surface area contributed by atoms with Gasteiger partial charge in [0.2, 0.25) is 5.43 Å². The molecule has 0 spiro atoms. The van der Waals surface area contributed by atoms with Crippen LogP contribution in [0.3, 0.4) is 0 Å². The van der Waals surface area contributed by atoms with Crippen molar-refractivity contribution in [2.75, 3.05) is 0 Å². The predicted molar refractivity (Wildman–Crippen MR) is 147 cm³/mol. The number of nitrogens with zero attached hydrogens (tertiary/aromatic N) is 2. The lowest BCUT2D eigenvalue weighted by Gasteiger charge is -2.35. The van der Waals surface area contributed by atoms with Gasteiger partial charge in [0.25, 0.3) is 11.8 Å². The van der Waals surface area contributed by atoms with Gasteiger partial charge in [0.05, 0.1) is 18.7 Å². The van der Waals surface area contributed by atoms with E-state index in [0.717, 1.165) is 28.8 Å². The lowest BCUT2D eigenvalue weighted by Crippen LogP contribution is -2.47. The molecule has 1 saturated heterocycles. The molecule has 10 heteroatoms. The van der Waals surface area contributed by atoms with Gasteiger partial charge in [-0.15, -0.1) is 0 Å². The Bertz CT molecular complexity index is 1790. The van der Waals surface area contributed by atoms with E-state index in [2.05, 4.69) is 5.32 Å². The standard InChI is InChI=1S/C32H25F2N3O5/c33-21-11-10-20(24(34)13-21)14-35-31(39)23-15-36-16-26-37(27-22-9-5-4-8-19(22)12-25(27)42-26)32(40)28(36)30(29(23)38)41-17-18-6-2-1-3-7-18/h1-11,13,15,25-27H,12,14,16-17H2,(H,35,39)/t25-,26?,27-/m1/s1. The third kappa shape index (κ3) is 4.35. The van der Waals surface area contributed by atoms with Gasteiger partial charge in [-0.2, -0.15) is 0 Å². The van der Waals surface area contributed by atoms with Crippen molar-refractivity contribution in [3.8, 4) is 5.75 Å². The normalized spacial score (nSPS) is 20.0. The number of pyridine rings is 1. The zero-order valence-corrected chi connectivity index (χ0v) is 22.3. The number of ether oxygens (including phenoxy) is 2. The zero-order valence-electron chi connectivity index (χ0n) is 22.3. The Balaban J connectivity index is 1.25. The van der Waals surface area contributed by atoms with Crippen LogP contribution in [0.4, 0.5) is 8.78 Å². The van der Waals surface area contributed by atoms with Crippen LogP contribution in [0.1, 0.15) is 49.1 Å². The fourth-order valence-corrected chi connectivity index (χ4v) is 6.08. The second kappa shape index (κ2) is 10.2. The second-order valence-corrected chi connectivity index (χ2v) is 10.6. The van der Waals surface area contributed by atoms with E-state index in [1.165, 1.54) is 16.8 Å². The summed E-state index contributed by atoms with van der Waals surface area (Å²) in [6, 6.07) is 19.8. The van der Waals surface area contributed by atoms with E-state index in [9.17, 15) is 23.2 Å². The van der Waals surface area contributed by atoms with Gasteiger partial charge < -0.3 is 19.4 Å². The molecule has 7 rings (SSSR count). The van der Waals surface area contributed by atoms with Crippen LogP contribution in [0.2, 0.25) is 0 Å². The number of nitrogens with one attached hydrogen (secondary N) is 1. The number of carbonyl (C=O) groups is 2. The molecule has 1 aromatic heterocycles. The van der Waals surface area contributed by atoms with E-state index in [4.69, 9.17) is 9.47 Å². The number of amides is 2. The second-order valence-electron chi connectivity index (χ2n) is 10.6. The van der Waals surface area contributed by atoms with E-state index < -0.39 is 35.1 Å². The van der Waals surface area contributed by atoms with Gasteiger partial charge >= 0.3 is 0 Å². The SMILES string of the molecule is O=C(NCc1ccc(F)cc1F)c1cn2c(c(OCc3ccccc3)c1=O)C(=O)N1C(C2)O[C@@H]2Cc3ccccc3[C@H]21. The minimum absolute atomic E-state index is 0.00294. The molecule has 0 bridgehead atoms. The Morgan fingerprint density at radius 1 is 1.02 bits per heavy atom. The summed E-state index contributed by atoms with van der Waals surface area (Å²) in [5.74, 6) is -3.00. The van der Waals surface area contributed by atoms with Crippen LogP contribution in [-0.4, -0.2) is 33.6 Å². The maximum absolute atomic E-state index is 14.2. The molecule has 3 atom stereocenters. The highest BCUT2D eigenvalue weighted by atomic mass is 19.1. The fraction of sp³-hybridized carbons (Fsp3) is 0.219. The fourth-order valence-electron chi connectivity index (χ4n) is 6.08. The van der Waals surface area contributed by atoms with Gasteiger partial charge in [-0.1, -0.05) is 60.7 Å². The smallest absolute Gasteiger partial charge is 0.277 e. The molecule has 1 unspecified atom stereocenters. The number of hydrogen-bond donors (Lipinski definition) is 1. The van der Waals surface area contributed by atoms with Gasteiger partial charge in [-0.05, 0) is 22.8 Å². The molecule has 1 N–H and O–H groups in total. The Morgan fingerprint density at radius 2 is 1.81 bits per heavy atom. The van der Waals surface area contributed by atoms with Crippen molar-refractivity contribution in [1.29, 1.82) is 0 Å². The number of halogens is 2. The van der Waals surface area contributed by atoms with Gasteiger partial charge in [0.15, 0.2) is 17.7 Å². The van der Waals surface area contributed by atoms with Gasteiger partial charge in [0.1, 0.15) is 23.8 Å². The Kier molecular flexibility index (Phi) is 6.35. The summed E-state index contributed by atoms with van der Waals surface area (Å²) in [5.41, 5.74) is 1.98. The summed E-state index contributed by atoms with van der Waals surface area (Å²) in [7, 11) is 0. The van der Waals surface area contributed by atoms with Crippen LogP contribution in [0, 0.1) is 11.6 Å². The first-order valence-electron chi connectivity index (χ1n) is 13.6. The number of aromatic nitrogens is 1. The van der Waals surface area contributed by atoms with Crippen molar-refractivity contribution in [3.05, 3.63) is 134 Å². The summed E-state index contributed by atoms with van der Waals surface area (Å²) in [4.78, 5) is 42.8. The monoisotopic (exact) mass is 569 g/mol. The van der Waals surface area contributed by atoms with Crippen LogP contribution in [0.5, 0.6) is 5.75 Å². The molecular weight excluding hydrogens is 544 g/mol. The number of benzene rings is 3. The third-order valence-corrected chi connectivity index (χ3v) is 8.04. The highest BCUT2D eigenvalue weighted by molar-refractivity contribution is 5.99. The van der Waals surface area contributed by atoms with Crippen molar-refractivity contribution in [1.82, 2.24) is 14.8 Å². The third-order valence-electron chi connectivity index (χ3n) is 8.04. The number of hydrogen-bond acceptors (Lipinski definition) is 5.